The summed E-state index contributed by atoms with van der Waals surface area (Å²) in [5.41, 5.74) is 9.52. The molecule has 2 atom stereocenters. The highest BCUT2D eigenvalue weighted by molar-refractivity contribution is 6.31. The Labute approximate surface area is 235 Å². The summed E-state index contributed by atoms with van der Waals surface area (Å²) in [4.78, 5) is 45.3. The number of ether oxygens (including phenoxy) is 1. The molecule has 0 saturated carbocycles. The molecule has 6 N–H and O–H groups in total. The molecular formula is C26H31ClFN7O5. The van der Waals surface area contributed by atoms with Gasteiger partial charge in [0.2, 0.25) is 11.8 Å². The predicted molar refractivity (Wildman–Crippen MR) is 146 cm³/mol. The molecule has 0 saturated heterocycles. The van der Waals surface area contributed by atoms with Crippen molar-refractivity contribution in [2.45, 2.75) is 38.4 Å². The number of carbonyl (C=O) groups is 3. The zero-order valence-electron chi connectivity index (χ0n) is 21.8. The van der Waals surface area contributed by atoms with Crippen LogP contribution in [0, 0.1) is 5.82 Å². The fraction of sp³-hybridized carbons (Fsp3) is 0.346. The van der Waals surface area contributed by atoms with Gasteiger partial charge in [0.15, 0.2) is 0 Å². The van der Waals surface area contributed by atoms with Gasteiger partial charge in [-0.15, -0.1) is 0 Å². The summed E-state index contributed by atoms with van der Waals surface area (Å²) >= 11 is 6.05. The lowest BCUT2D eigenvalue weighted by Gasteiger charge is -2.31. The van der Waals surface area contributed by atoms with Crippen LogP contribution in [0.5, 0.6) is 0 Å². The lowest BCUT2D eigenvalue weighted by Crippen LogP contribution is -2.51. The number of aliphatic hydroxyl groups excluding tert-OH is 1. The van der Waals surface area contributed by atoms with Crippen LogP contribution in [-0.2, 0) is 20.9 Å². The molecule has 0 aliphatic carbocycles. The Morgan fingerprint density at radius 2 is 2.02 bits per heavy atom. The SMILES string of the molecule is CC(=O)N(NCc1cccc(F)c1Cl)[C@@H](CCCNC(=O)[C@@H](N)CO)COC(=O)Nc1cc2cccnc2cn1. The quantitative estimate of drug-likeness (QED) is 0.151. The van der Waals surface area contributed by atoms with Gasteiger partial charge < -0.3 is 20.9 Å². The van der Waals surface area contributed by atoms with E-state index in [0.717, 1.165) is 5.39 Å². The number of amides is 3. The highest BCUT2D eigenvalue weighted by Gasteiger charge is 2.24. The van der Waals surface area contributed by atoms with E-state index in [1.807, 2.05) is 6.07 Å². The maximum atomic E-state index is 13.9. The first-order valence-electron chi connectivity index (χ1n) is 12.4. The van der Waals surface area contributed by atoms with Crippen molar-refractivity contribution in [2.24, 2.45) is 5.73 Å². The van der Waals surface area contributed by atoms with E-state index in [-0.39, 0.29) is 30.5 Å². The Morgan fingerprint density at radius 3 is 2.77 bits per heavy atom. The largest absolute Gasteiger partial charge is 0.447 e. The zero-order chi connectivity index (χ0) is 29.1. The van der Waals surface area contributed by atoms with Crippen molar-refractivity contribution < 1.29 is 28.6 Å². The van der Waals surface area contributed by atoms with Crippen LogP contribution in [0.25, 0.3) is 10.9 Å². The van der Waals surface area contributed by atoms with Gasteiger partial charge in [-0.1, -0.05) is 29.8 Å². The summed E-state index contributed by atoms with van der Waals surface area (Å²) in [6.07, 6.45) is 3.04. The van der Waals surface area contributed by atoms with E-state index in [2.05, 4.69) is 26.0 Å². The van der Waals surface area contributed by atoms with Crippen LogP contribution in [0.2, 0.25) is 5.02 Å². The molecule has 0 aliphatic heterocycles. The van der Waals surface area contributed by atoms with E-state index in [9.17, 15) is 18.8 Å². The van der Waals surface area contributed by atoms with Crippen LogP contribution in [0.1, 0.15) is 25.3 Å². The van der Waals surface area contributed by atoms with Gasteiger partial charge in [-0.3, -0.25) is 24.9 Å². The second-order valence-electron chi connectivity index (χ2n) is 8.80. The van der Waals surface area contributed by atoms with Gasteiger partial charge in [0, 0.05) is 31.6 Å². The van der Waals surface area contributed by atoms with E-state index in [0.29, 0.717) is 23.9 Å². The number of halogens is 2. The van der Waals surface area contributed by atoms with Crippen molar-refractivity contribution in [3.05, 3.63) is 65.2 Å². The fourth-order valence-electron chi connectivity index (χ4n) is 3.76. The third kappa shape index (κ3) is 8.81. The maximum Gasteiger partial charge on any atom is 0.412 e. The molecule has 0 bridgehead atoms. The molecule has 214 valence electrons. The molecule has 40 heavy (non-hydrogen) atoms. The molecule has 1 aromatic carbocycles. The average Bonchev–Trinajstić information content (AvgIpc) is 2.94. The molecule has 14 heteroatoms. The highest BCUT2D eigenvalue weighted by atomic mass is 35.5. The maximum absolute atomic E-state index is 13.9. The minimum absolute atomic E-state index is 0.0238. The van der Waals surface area contributed by atoms with Crippen LogP contribution >= 0.6 is 11.6 Å². The first-order valence-corrected chi connectivity index (χ1v) is 12.8. The second-order valence-corrected chi connectivity index (χ2v) is 9.18. The normalized spacial score (nSPS) is 12.4. The molecule has 0 unspecified atom stereocenters. The van der Waals surface area contributed by atoms with Crippen LogP contribution in [-0.4, -0.2) is 69.8 Å². The van der Waals surface area contributed by atoms with E-state index in [4.69, 9.17) is 27.2 Å². The molecule has 3 rings (SSSR count). The Morgan fingerprint density at radius 1 is 1.23 bits per heavy atom. The second kappa shape index (κ2) is 15.0. The van der Waals surface area contributed by atoms with Gasteiger partial charge >= 0.3 is 6.09 Å². The van der Waals surface area contributed by atoms with Crippen molar-refractivity contribution in [1.82, 2.24) is 25.7 Å². The Hall–Kier alpha value is -3.91. The number of rotatable bonds is 13. The van der Waals surface area contributed by atoms with E-state index < -0.39 is 42.4 Å². The molecule has 3 aromatic rings. The summed E-state index contributed by atoms with van der Waals surface area (Å²) in [6.45, 7) is 0.837. The molecule has 0 aliphatic rings. The number of nitrogens with zero attached hydrogens (tertiary/aromatic N) is 3. The number of carbonyl (C=O) groups excluding carboxylic acids is 3. The van der Waals surface area contributed by atoms with E-state index in [1.54, 1.807) is 24.4 Å². The number of nitrogens with two attached hydrogens (primary N) is 1. The van der Waals surface area contributed by atoms with Crippen molar-refractivity contribution in [2.75, 3.05) is 25.1 Å². The topological polar surface area (TPSA) is 172 Å². The third-order valence-electron chi connectivity index (χ3n) is 5.85. The molecule has 12 nitrogen and oxygen atoms in total. The van der Waals surface area contributed by atoms with Gasteiger partial charge in [0.1, 0.15) is 24.3 Å². The smallest absolute Gasteiger partial charge is 0.412 e. The summed E-state index contributed by atoms with van der Waals surface area (Å²) < 4.78 is 19.3. The lowest BCUT2D eigenvalue weighted by molar-refractivity contribution is -0.136. The van der Waals surface area contributed by atoms with Crippen molar-refractivity contribution in [3.63, 3.8) is 0 Å². The van der Waals surface area contributed by atoms with Crippen molar-refractivity contribution in [3.8, 4) is 0 Å². The van der Waals surface area contributed by atoms with E-state index >= 15 is 0 Å². The Balaban J connectivity index is 1.66. The minimum Gasteiger partial charge on any atom is -0.447 e. The minimum atomic E-state index is -1.05. The number of nitrogens with one attached hydrogen (secondary N) is 3. The van der Waals surface area contributed by atoms with Crippen molar-refractivity contribution in [1.29, 1.82) is 0 Å². The summed E-state index contributed by atoms with van der Waals surface area (Å²) in [6, 6.07) is 7.84. The predicted octanol–water partition coefficient (Wildman–Crippen LogP) is 2.11. The van der Waals surface area contributed by atoms with Crippen LogP contribution in [0.3, 0.4) is 0 Å². The average molecular weight is 576 g/mol. The van der Waals surface area contributed by atoms with Gasteiger partial charge in [0.05, 0.1) is 29.4 Å². The van der Waals surface area contributed by atoms with Crippen molar-refractivity contribution >= 4 is 46.2 Å². The number of hydrogen-bond donors (Lipinski definition) is 5. The standard InChI is InChI=1S/C26H31ClFN7O5/c1-16(37)35(33-12-18-5-2-8-20(28)24(18)27)19(7-4-10-31-25(38)21(29)14-36)15-40-26(39)34-23-11-17-6-3-9-30-22(17)13-32-23/h2-3,5-6,8-9,11,13,19,21,33,36H,4,7,10,12,14-15,29H2,1H3,(H,31,38)(H,32,34,39)/t19-,21-/m0/s1. The summed E-state index contributed by atoms with van der Waals surface area (Å²) in [5.74, 6) is -1.25. The molecule has 0 fully saturated rings. The van der Waals surface area contributed by atoms with E-state index in [1.165, 1.54) is 30.3 Å². The monoisotopic (exact) mass is 575 g/mol. The number of aliphatic hydroxyl groups is 1. The van der Waals surface area contributed by atoms with Gasteiger partial charge in [-0.25, -0.2) is 19.6 Å². The number of benzene rings is 1. The van der Waals surface area contributed by atoms with Crippen LogP contribution in [0.15, 0.2) is 48.8 Å². The first kappa shape index (κ1) is 30.6. The van der Waals surface area contributed by atoms with Crippen LogP contribution in [0.4, 0.5) is 15.0 Å². The Kier molecular flexibility index (Phi) is 11.5. The molecule has 3 amide bonds. The number of hydrogen-bond acceptors (Lipinski definition) is 9. The summed E-state index contributed by atoms with van der Waals surface area (Å²) in [5, 5.41) is 16.1. The molecular weight excluding hydrogens is 545 g/mol. The number of pyridine rings is 2. The lowest BCUT2D eigenvalue weighted by atomic mass is 10.1. The third-order valence-corrected chi connectivity index (χ3v) is 6.27. The highest BCUT2D eigenvalue weighted by Crippen LogP contribution is 2.20. The summed E-state index contributed by atoms with van der Waals surface area (Å²) in [7, 11) is 0. The van der Waals surface area contributed by atoms with Gasteiger partial charge in [-0.2, -0.15) is 0 Å². The van der Waals surface area contributed by atoms with Gasteiger partial charge in [0.25, 0.3) is 0 Å². The first-order chi connectivity index (χ1) is 19.2. The molecule has 0 spiro atoms. The molecule has 2 aromatic heterocycles. The number of anilines is 1. The number of fused-ring (bicyclic) bond motifs is 1. The zero-order valence-corrected chi connectivity index (χ0v) is 22.5. The fourth-order valence-corrected chi connectivity index (χ4v) is 3.95. The number of hydrazine groups is 1. The molecule has 0 radical (unpaired) electrons. The van der Waals surface area contributed by atoms with Gasteiger partial charge in [-0.05, 0) is 36.6 Å². The molecule has 2 heterocycles. The number of aromatic nitrogens is 2. The Bertz CT molecular complexity index is 1330. The van der Waals surface area contributed by atoms with Crippen LogP contribution < -0.4 is 21.8 Å².